The first kappa shape index (κ1) is 10.2. The minimum absolute atomic E-state index is 0.740. The molecule has 0 bridgehead atoms. The van der Waals surface area contributed by atoms with Crippen molar-refractivity contribution in [3.8, 4) is 0 Å². The maximum atomic E-state index is 3.67. The van der Waals surface area contributed by atoms with Gasteiger partial charge in [-0.1, -0.05) is 6.92 Å². The van der Waals surface area contributed by atoms with Gasteiger partial charge < -0.3 is 5.32 Å². The predicted octanol–water partition coefficient (Wildman–Crippen LogP) is 3.07. The van der Waals surface area contributed by atoms with E-state index in [0.29, 0.717) is 0 Å². The van der Waals surface area contributed by atoms with Crippen LogP contribution in [0.2, 0.25) is 0 Å². The first-order valence-electron chi connectivity index (χ1n) is 5.64. The predicted molar refractivity (Wildman–Crippen MR) is 62.8 cm³/mol. The Morgan fingerprint density at radius 3 is 3.00 bits per heavy atom. The van der Waals surface area contributed by atoms with Crippen LogP contribution >= 0.6 is 11.3 Å². The van der Waals surface area contributed by atoms with Crippen LogP contribution in [0, 0.1) is 5.92 Å². The first-order valence-corrected chi connectivity index (χ1v) is 6.59. The molecule has 1 nitrogen and oxygen atoms in total. The van der Waals surface area contributed by atoms with Gasteiger partial charge >= 0.3 is 0 Å². The molecule has 0 amide bonds. The molecule has 0 spiro atoms. The Morgan fingerprint density at radius 2 is 2.43 bits per heavy atom. The van der Waals surface area contributed by atoms with Crippen LogP contribution < -0.4 is 5.32 Å². The van der Waals surface area contributed by atoms with Gasteiger partial charge in [-0.2, -0.15) is 11.3 Å². The van der Waals surface area contributed by atoms with Crippen LogP contribution in [0.25, 0.3) is 0 Å². The number of hydrogen-bond acceptors (Lipinski definition) is 2. The van der Waals surface area contributed by atoms with E-state index in [1.165, 1.54) is 37.8 Å². The summed E-state index contributed by atoms with van der Waals surface area (Å²) in [5.74, 6) is 0.960. The van der Waals surface area contributed by atoms with Gasteiger partial charge in [0.15, 0.2) is 0 Å². The zero-order valence-electron chi connectivity index (χ0n) is 8.83. The standard InChI is InChI=1S/C12H19NS/c1-2-6-13-12(11-3-4-11)8-10-5-7-14-9-10/h5,7,9,11-13H,2-4,6,8H2,1H3. The summed E-state index contributed by atoms with van der Waals surface area (Å²) in [6.07, 6.45) is 5.35. The van der Waals surface area contributed by atoms with Crippen LogP contribution in [-0.4, -0.2) is 12.6 Å². The van der Waals surface area contributed by atoms with Crippen LogP contribution in [0.4, 0.5) is 0 Å². The lowest BCUT2D eigenvalue weighted by molar-refractivity contribution is 0.460. The lowest BCUT2D eigenvalue weighted by Crippen LogP contribution is -2.33. The van der Waals surface area contributed by atoms with Gasteiger partial charge in [-0.15, -0.1) is 0 Å². The van der Waals surface area contributed by atoms with E-state index in [9.17, 15) is 0 Å². The Bertz CT molecular complexity index is 251. The average molecular weight is 209 g/mol. The van der Waals surface area contributed by atoms with Crippen molar-refractivity contribution in [3.63, 3.8) is 0 Å². The summed E-state index contributed by atoms with van der Waals surface area (Å²) in [7, 11) is 0. The van der Waals surface area contributed by atoms with Crippen molar-refractivity contribution >= 4 is 11.3 Å². The van der Waals surface area contributed by atoms with Gasteiger partial charge in [0.25, 0.3) is 0 Å². The van der Waals surface area contributed by atoms with Gasteiger partial charge in [-0.3, -0.25) is 0 Å². The smallest absolute Gasteiger partial charge is 0.0136 e. The van der Waals surface area contributed by atoms with Crippen molar-refractivity contribution in [2.45, 2.75) is 38.6 Å². The third kappa shape index (κ3) is 2.82. The van der Waals surface area contributed by atoms with Crippen molar-refractivity contribution in [1.82, 2.24) is 5.32 Å². The number of hydrogen-bond donors (Lipinski definition) is 1. The lowest BCUT2D eigenvalue weighted by atomic mass is 10.0. The van der Waals surface area contributed by atoms with E-state index in [0.717, 1.165) is 12.0 Å². The highest BCUT2D eigenvalue weighted by molar-refractivity contribution is 7.07. The molecule has 1 aromatic heterocycles. The summed E-state index contributed by atoms with van der Waals surface area (Å²) in [5, 5.41) is 8.13. The van der Waals surface area contributed by atoms with Crippen molar-refractivity contribution in [2.75, 3.05) is 6.54 Å². The normalized spacial score (nSPS) is 18.4. The highest BCUT2D eigenvalue weighted by atomic mass is 32.1. The van der Waals surface area contributed by atoms with E-state index in [4.69, 9.17) is 0 Å². The van der Waals surface area contributed by atoms with Crippen molar-refractivity contribution in [2.24, 2.45) is 5.92 Å². The van der Waals surface area contributed by atoms with Crippen molar-refractivity contribution in [1.29, 1.82) is 0 Å². The highest BCUT2D eigenvalue weighted by Crippen LogP contribution is 2.34. The zero-order valence-corrected chi connectivity index (χ0v) is 9.65. The molecule has 1 saturated carbocycles. The van der Waals surface area contributed by atoms with Crippen LogP contribution in [0.5, 0.6) is 0 Å². The minimum Gasteiger partial charge on any atom is -0.313 e. The van der Waals surface area contributed by atoms with Crippen LogP contribution in [-0.2, 0) is 6.42 Å². The van der Waals surface area contributed by atoms with Crippen LogP contribution in [0.3, 0.4) is 0 Å². The molecule has 2 rings (SSSR count). The van der Waals surface area contributed by atoms with E-state index in [2.05, 4.69) is 29.1 Å². The summed E-state index contributed by atoms with van der Waals surface area (Å²) in [5.41, 5.74) is 1.51. The molecule has 1 aliphatic carbocycles. The molecule has 0 aromatic carbocycles. The Balaban J connectivity index is 1.84. The van der Waals surface area contributed by atoms with Crippen LogP contribution in [0.15, 0.2) is 16.8 Å². The fourth-order valence-electron chi connectivity index (χ4n) is 1.90. The largest absolute Gasteiger partial charge is 0.313 e. The molecular formula is C12H19NS. The Kier molecular flexibility index (Phi) is 3.60. The van der Waals surface area contributed by atoms with E-state index in [1.54, 1.807) is 0 Å². The van der Waals surface area contributed by atoms with Crippen LogP contribution in [0.1, 0.15) is 31.7 Å². The molecule has 1 unspecified atom stereocenters. The molecule has 1 fully saturated rings. The topological polar surface area (TPSA) is 12.0 Å². The summed E-state index contributed by atoms with van der Waals surface area (Å²) in [6, 6.07) is 3.00. The molecule has 0 aliphatic heterocycles. The third-order valence-electron chi connectivity index (χ3n) is 2.88. The molecule has 0 radical (unpaired) electrons. The van der Waals surface area contributed by atoms with Crippen molar-refractivity contribution in [3.05, 3.63) is 22.4 Å². The third-order valence-corrected chi connectivity index (χ3v) is 3.62. The van der Waals surface area contributed by atoms with Gasteiger partial charge in [0.2, 0.25) is 0 Å². The lowest BCUT2D eigenvalue weighted by Gasteiger charge is -2.17. The SMILES string of the molecule is CCCNC(Cc1ccsc1)C1CC1. The molecule has 1 atom stereocenters. The summed E-state index contributed by atoms with van der Waals surface area (Å²) in [6.45, 7) is 3.41. The van der Waals surface area contributed by atoms with E-state index >= 15 is 0 Å². The number of rotatable bonds is 6. The second kappa shape index (κ2) is 4.94. The van der Waals surface area contributed by atoms with Gasteiger partial charge in [-0.25, -0.2) is 0 Å². The molecule has 2 heteroatoms. The van der Waals surface area contributed by atoms with Gasteiger partial charge in [-0.05, 0) is 60.5 Å². The maximum absolute atomic E-state index is 3.67. The van der Waals surface area contributed by atoms with E-state index in [-0.39, 0.29) is 0 Å². The van der Waals surface area contributed by atoms with Gasteiger partial charge in [0.05, 0.1) is 0 Å². The van der Waals surface area contributed by atoms with Gasteiger partial charge in [0.1, 0.15) is 0 Å². The molecule has 1 N–H and O–H groups in total. The van der Waals surface area contributed by atoms with Crippen molar-refractivity contribution < 1.29 is 0 Å². The average Bonchev–Trinajstić information content (AvgIpc) is 2.92. The first-order chi connectivity index (χ1) is 6.90. The second-order valence-electron chi connectivity index (χ2n) is 4.23. The number of nitrogens with one attached hydrogen (secondary N) is 1. The Morgan fingerprint density at radius 1 is 1.57 bits per heavy atom. The molecule has 1 heterocycles. The molecule has 1 aliphatic rings. The summed E-state index contributed by atoms with van der Waals surface area (Å²) in [4.78, 5) is 0. The summed E-state index contributed by atoms with van der Waals surface area (Å²) < 4.78 is 0. The molecular weight excluding hydrogens is 190 g/mol. The molecule has 0 saturated heterocycles. The number of thiophene rings is 1. The molecule has 1 aromatic rings. The fraction of sp³-hybridized carbons (Fsp3) is 0.667. The maximum Gasteiger partial charge on any atom is 0.0136 e. The molecule has 14 heavy (non-hydrogen) atoms. The zero-order chi connectivity index (χ0) is 9.80. The highest BCUT2D eigenvalue weighted by Gasteiger charge is 2.30. The van der Waals surface area contributed by atoms with E-state index < -0.39 is 0 Å². The van der Waals surface area contributed by atoms with Gasteiger partial charge in [0, 0.05) is 6.04 Å². The molecule has 78 valence electrons. The fourth-order valence-corrected chi connectivity index (χ4v) is 2.58. The Hall–Kier alpha value is -0.340. The quantitative estimate of drug-likeness (QED) is 0.759. The summed E-state index contributed by atoms with van der Waals surface area (Å²) >= 11 is 1.81. The Labute approximate surface area is 90.5 Å². The monoisotopic (exact) mass is 209 g/mol. The second-order valence-corrected chi connectivity index (χ2v) is 5.01. The van der Waals surface area contributed by atoms with E-state index in [1.807, 2.05) is 11.3 Å². The minimum atomic E-state index is 0.740.